The van der Waals surface area contributed by atoms with Crippen LogP contribution in [0.4, 0.5) is 0 Å². The highest BCUT2D eigenvalue weighted by Gasteiger charge is 2.41. The van der Waals surface area contributed by atoms with Crippen molar-refractivity contribution in [1.29, 1.82) is 0 Å². The lowest BCUT2D eigenvalue weighted by molar-refractivity contribution is -0.127. The van der Waals surface area contributed by atoms with Crippen molar-refractivity contribution < 1.29 is 19.1 Å². The lowest BCUT2D eigenvalue weighted by Gasteiger charge is -2.47. The Morgan fingerprint density at radius 1 is 1.22 bits per heavy atom. The topological polar surface area (TPSA) is 72.0 Å². The number of aldehydes is 1. The van der Waals surface area contributed by atoms with Crippen LogP contribution in [0.2, 0.25) is 0 Å². The zero-order valence-corrected chi connectivity index (χ0v) is 19.9. The Hall–Kier alpha value is -2.29. The van der Waals surface area contributed by atoms with Gasteiger partial charge in [-0.15, -0.1) is 11.3 Å². The fraction of sp³-hybridized carbons (Fsp3) is 0.542. The van der Waals surface area contributed by atoms with Crippen LogP contribution >= 0.6 is 11.3 Å². The first-order chi connectivity index (χ1) is 15.4. The molecule has 32 heavy (non-hydrogen) atoms. The first-order valence-electron chi connectivity index (χ1n) is 11.2. The number of aromatic nitrogens is 1. The van der Waals surface area contributed by atoms with E-state index in [4.69, 9.17) is 9.47 Å². The maximum absolute atomic E-state index is 12.8. The van der Waals surface area contributed by atoms with Crippen LogP contribution in [0.3, 0.4) is 0 Å². The predicted octanol–water partition coefficient (Wildman–Crippen LogP) is 3.27. The highest BCUT2D eigenvalue weighted by Crippen LogP contribution is 2.31. The average molecular weight is 458 g/mol. The van der Waals surface area contributed by atoms with Gasteiger partial charge in [0.1, 0.15) is 24.3 Å². The molecule has 1 amide bonds. The van der Waals surface area contributed by atoms with Gasteiger partial charge in [-0.1, -0.05) is 0 Å². The molecule has 7 nitrogen and oxygen atoms in total. The van der Waals surface area contributed by atoms with Crippen molar-refractivity contribution in [2.45, 2.75) is 39.2 Å². The molecule has 0 atom stereocenters. The summed E-state index contributed by atoms with van der Waals surface area (Å²) in [6.07, 6.45) is 2.69. The number of benzene rings is 1. The lowest BCUT2D eigenvalue weighted by atomic mass is 9.89. The van der Waals surface area contributed by atoms with Crippen molar-refractivity contribution in [3.05, 3.63) is 44.9 Å². The van der Waals surface area contributed by atoms with Crippen molar-refractivity contribution in [2.24, 2.45) is 0 Å². The quantitative estimate of drug-likeness (QED) is 0.620. The van der Waals surface area contributed by atoms with E-state index < -0.39 is 0 Å². The van der Waals surface area contributed by atoms with E-state index in [1.54, 1.807) is 0 Å². The van der Waals surface area contributed by atoms with Crippen molar-refractivity contribution >= 4 is 23.5 Å². The molecule has 4 rings (SSSR count). The Labute approximate surface area is 193 Å². The molecule has 8 heteroatoms. The lowest BCUT2D eigenvalue weighted by Crippen LogP contribution is -2.58. The van der Waals surface area contributed by atoms with Crippen molar-refractivity contribution in [2.75, 3.05) is 45.9 Å². The van der Waals surface area contributed by atoms with Crippen LogP contribution < -0.4 is 4.74 Å². The first-order valence-corrected chi connectivity index (χ1v) is 12.0. The van der Waals surface area contributed by atoms with E-state index in [2.05, 4.69) is 9.88 Å². The molecule has 1 aromatic heterocycles. The summed E-state index contributed by atoms with van der Waals surface area (Å²) in [6, 6.07) is 3.82. The van der Waals surface area contributed by atoms with Gasteiger partial charge in [-0.05, 0) is 56.9 Å². The van der Waals surface area contributed by atoms with Gasteiger partial charge in [-0.2, -0.15) is 0 Å². The number of nitrogens with zero attached hydrogens (tertiary/aromatic N) is 3. The number of morpholine rings is 1. The standard InChI is InChI=1S/C24H31N3O4S/c1-17-13-22(18(2)12-20(17)14-28)30-10-8-26-6-4-24(5-7-26)16-27(9-11-31-24)23(29)21-15-32-19(3)25-21/h12-15H,4-11,16H2,1-3H3. The monoisotopic (exact) mass is 457 g/mol. The Bertz CT molecular complexity index is 982. The van der Waals surface area contributed by atoms with Gasteiger partial charge in [0.25, 0.3) is 5.91 Å². The molecule has 1 aromatic carbocycles. The van der Waals surface area contributed by atoms with Crippen LogP contribution in [0, 0.1) is 20.8 Å². The largest absolute Gasteiger partial charge is 0.492 e. The predicted molar refractivity (Wildman–Crippen MR) is 124 cm³/mol. The van der Waals surface area contributed by atoms with E-state index in [1.807, 2.05) is 43.2 Å². The minimum Gasteiger partial charge on any atom is -0.492 e. The van der Waals surface area contributed by atoms with Crippen molar-refractivity contribution in [1.82, 2.24) is 14.8 Å². The normalized spacial score (nSPS) is 18.7. The fourth-order valence-electron chi connectivity index (χ4n) is 4.51. The fourth-order valence-corrected chi connectivity index (χ4v) is 5.09. The second-order valence-electron chi connectivity index (χ2n) is 8.79. The summed E-state index contributed by atoms with van der Waals surface area (Å²) in [6.45, 7) is 10.9. The van der Waals surface area contributed by atoms with Crippen LogP contribution in [-0.2, 0) is 4.74 Å². The summed E-state index contributed by atoms with van der Waals surface area (Å²) in [5, 5.41) is 2.76. The van der Waals surface area contributed by atoms with E-state index in [1.165, 1.54) is 11.3 Å². The maximum Gasteiger partial charge on any atom is 0.273 e. The highest BCUT2D eigenvalue weighted by molar-refractivity contribution is 7.09. The second-order valence-corrected chi connectivity index (χ2v) is 9.85. The maximum atomic E-state index is 12.8. The smallest absolute Gasteiger partial charge is 0.273 e. The van der Waals surface area contributed by atoms with Crippen molar-refractivity contribution in [3.63, 3.8) is 0 Å². The van der Waals surface area contributed by atoms with E-state index in [-0.39, 0.29) is 11.5 Å². The number of hydrogen-bond acceptors (Lipinski definition) is 7. The number of likely N-dealkylation sites (tertiary alicyclic amines) is 1. The third-order valence-electron chi connectivity index (χ3n) is 6.50. The number of carbonyl (C=O) groups excluding carboxylic acids is 2. The van der Waals surface area contributed by atoms with E-state index in [0.717, 1.165) is 60.6 Å². The van der Waals surface area contributed by atoms with E-state index in [9.17, 15) is 9.59 Å². The average Bonchev–Trinajstić information content (AvgIpc) is 3.23. The van der Waals surface area contributed by atoms with Crippen LogP contribution in [-0.4, -0.2) is 78.5 Å². The number of piperidine rings is 1. The number of amides is 1. The molecular weight excluding hydrogens is 426 g/mol. The Kier molecular flexibility index (Phi) is 6.93. The Balaban J connectivity index is 1.27. The zero-order valence-electron chi connectivity index (χ0n) is 19.1. The van der Waals surface area contributed by atoms with Crippen LogP contribution in [0.15, 0.2) is 17.5 Å². The Morgan fingerprint density at radius 2 is 2.00 bits per heavy atom. The van der Waals surface area contributed by atoms with E-state index in [0.29, 0.717) is 37.6 Å². The molecule has 2 fully saturated rings. The molecule has 0 radical (unpaired) electrons. The van der Waals surface area contributed by atoms with Gasteiger partial charge in [0.2, 0.25) is 0 Å². The number of rotatable bonds is 6. The first kappa shape index (κ1) is 22.9. The summed E-state index contributed by atoms with van der Waals surface area (Å²) >= 11 is 1.51. The molecule has 0 saturated carbocycles. The Morgan fingerprint density at radius 3 is 2.69 bits per heavy atom. The molecule has 0 bridgehead atoms. The SMILES string of the molecule is Cc1nc(C(=O)N2CCOC3(CCN(CCOc4cc(C)c(C=O)cc4C)CC3)C2)cs1. The number of thiazole rings is 1. The van der Waals surface area contributed by atoms with Crippen LogP contribution in [0.5, 0.6) is 5.75 Å². The number of carbonyl (C=O) groups is 2. The van der Waals surface area contributed by atoms with Crippen LogP contribution in [0.1, 0.15) is 49.8 Å². The third-order valence-corrected chi connectivity index (χ3v) is 7.27. The van der Waals surface area contributed by atoms with Gasteiger partial charge < -0.3 is 14.4 Å². The number of aryl methyl sites for hydroxylation is 3. The van der Waals surface area contributed by atoms with Gasteiger partial charge >= 0.3 is 0 Å². The molecule has 172 valence electrons. The van der Waals surface area contributed by atoms with Gasteiger partial charge in [-0.3, -0.25) is 14.5 Å². The summed E-state index contributed by atoms with van der Waals surface area (Å²) in [5.41, 5.74) is 2.91. The molecule has 2 aromatic rings. The molecule has 2 aliphatic rings. The molecule has 0 unspecified atom stereocenters. The molecule has 1 spiro atoms. The third kappa shape index (κ3) is 5.03. The molecule has 0 aliphatic carbocycles. The molecule has 3 heterocycles. The number of ether oxygens (including phenoxy) is 2. The molecular formula is C24H31N3O4S. The van der Waals surface area contributed by atoms with Gasteiger partial charge in [0.05, 0.1) is 23.8 Å². The summed E-state index contributed by atoms with van der Waals surface area (Å²) in [7, 11) is 0. The van der Waals surface area contributed by atoms with E-state index >= 15 is 0 Å². The molecule has 2 saturated heterocycles. The second kappa shape index (κ2) is 9.68. The molecule has 2 aliphatic heterocycles. The van der Waals surface area contributed by atoms with Gasteiger partial charge in [-0.25, -0.2) is 4.98 Å². The summed E-state index contributed by atoms with van der Waals surface area (Å²) in [4.78, 5) is 32.6. The molecule has 0 N–H and O–H groups in total. The minimum absolute atomic E-state index is 0.0131. The zero-order chi connectivity index (χ0) is 22.7. The van der Waals surface area contributed by atoms with Gasteiger partial charge in [0.15, 0.2) is 0 Å². The van der Waals surface area contributed by atoms with Crippen molar-refractivity contribution in [3.8, 4) is 5.75 Å². The summed E-state index contributed by atoms with van der Waals surface area (Å²) in [5.74, 6) is 0.850. The number of hydrogen-bond donors (Lipinski definition) is 0. The minimum atomic E-state index is -0.255. The van der Waals surface area contributed by atoms with Crippen LogP contribution in [0.25, 0.3) is 0 Å². The summed E-state index contributed by atoms with van der Waals surface area (Å²) < 4.78 is 12.2. The highest BCUT2D eigenvalue weighted by atomic mass is 32.1. The van der Waals surface area contributed by atoms with Gasteiger partial charge in [0, 0.05) is 37.1 Å².